The monoisotopic (exact) mass is 211 g/mol. The Kier molecular flexibility index (Phi) is 3.59. The molecule has 86 valence electrons. The highest BCUT2D eigenvalue weighted by Gasteiger charge is 2.28. The standard InChI is InChI=1S/C11H21N3O/c12-8-10-7-11(15)14(9-10)6-5-13-3-1-2-4-13/h10H,1-9,12H2. The molecule has 2 rings (SSSR count). The summed E-state index contributed by atoms with van der Waals surface area (Å²) in [5.74, 6) is 0.695. The highest BCUT2D eigenvalue weighted by molar-refractivity contribution is 5.78. The van der Waals surface area contributed by atoms with Crippen molar-refractivity contribution >= 4 is 5.91 Å². The molecule has 0 aliphatic carbocycles. The zero-order valence-corrected chi connectivity index (χ0v) is 9.32. The largest absolute Gasteiger partial charge is 0.341 e. The summed E-state index contributed by atoms with van der Waals surface area (Å²) in [6, 6.07) is 0. The molecular formula is C11H21N3O. The molecule has 0 aromatic heterocycles. The first-order valence-electron chi connectivity index (χ1n) is 6.00. The maximum Gasteiger partial charge on any atom is 0.223 e. The summed E-state index contributed by atoms with van der Waals surface area (Å²) in [4.78, 5) is 16.0. The molecule has 4 heteroatoms. The number of nitrogens with two attached hydrogens (primary N) is 1. The van der Waals surface area contributed by atoms with Crippen molar-refractivity contribution < 1.29 is 4.79 Å². The van der Waals surface area contributed by atoms with Crippen LogP contribution in [0, 0.1) is 5.92 Å². The van der Waals surface area contributed by atoms with Gasteiger partial charge in [-0.3, -0.25) is 4.79 Å². The fraction of sp³-hybridized carbons (Fsp3) is 0.909. The number of hydrogen-bond donors (Lipinski definition) is 1. The minimum atomic E-state index is 0.296. The predicted octanol–water partition coefficient (Wildman–Crippen LogP) is -0.111. The summed E-state index contributed by atoms with van der Waals surface area (Å²) in [7, 11) is 0. The highest BCUT2D eigenvalue weighted by Crippen LogP contribution is 2.16. The van der Waals surface area contributed by atoms with Crippen LogP contribution in [0.5, 0.6) is 0 Å². The fourth-order valence-corrected chi connectivity index (χ4v) is 2.50. The number of carbonyl (C=O) groups excluding carboxylic acids is 1. The van der Waals surface area contributed by atoms with Crippen LogP contribution in [0.4, 0.5) is 0 Å². The van der Waals surface area contributed by atoms with Crippen LogP contribution in [0.25, 0.3) is 0 Å². The van der Waals surface area contributed by atoms with Crippen molar-refractivity contribution in [3.63, 3.8) is 0 Å². The number of carbonyl (C=O) groups is 1. The molecule has 0 aromatic carbocycles. The van der Waals surface area contributed by atoms with Crippen LogP contribution >= 0.6 is 0 Å². The summed E-state index contributed by atoms with van der Waals surface area (Å²) in [6.45, 7) is 5.89. The van der Waals surface area contributed by atoms with E-state index in [1.807, 2.05) is 4.90 Å². The molecule has 1 unspecified atom stereocenters. The molecular weight excluding hydrogens is 190 g/mol. The second kappa shape index (κ2) is 4.94. The Labute approximate surface area is 91.4 Å². The van der Waals surface area contributed by atoms with E-state index < -0.39 is 0 Å². The first-order chi connectivity index (χ1) is 7.29. The van der Waals surface area contributed by atoms with Gasteiger partial charge in [-0.1, -0.05) is 0 Å². The highest BCUT2D eigenvalue weighted by atomic mass is 16.2. The molecule has 0 spiro atoms. The predicted molar refractivity (Wildman–Crippen MR) is 59.4 cm³/mol. The average Bonchev–Trinajstić information content (AvgIpc) is 2.84. The summed E-state index contributed by atoms with van der Waals surface area (Å²) < 4.78 is 0. The summed E-state index contributed by atoms with van der Waals surface area (Å²) in [5.41, 5.74) is 5.59. The SMILES string of the molecule is NCC1CC(=O)N(CCN2CCCC2)C1. The van der Waals surface area contributed by atoms with E-state index in [4.69, 9.17) is 5.73 Å². The summed E-state index contributed by atoms with van der Waals surface area (Å²) in [6.07, 6.45) is 3.30. The minimum absolute atomic E-state index is 0.296. The molecule has 0 saturated carbocycles. The van der Waals surface area contributed by atoms with Crippen molar-refractivity contribution in [1.82, 2.24) is 9.80 Å². The van der Waals surface area contributed by atoms with Gasteiger partial charge in [-0.2, -0.15) is 0 Å². The third kappa shape index (κ3) is 2.69. The smallest absolute Gasteiger partial charge is 0.223 e. The van der Waals surface area contributed by atoms with Gasteiger partial charge in [0, 0.05) is 26.1 Å². The summed E-state index contributed by atoms with van der Waals surface area (Å²) >= 11 is 0. The van der Waals surface area contributed by atoms with Gasteiger partial charge in [-0.05, 0) is 38.4 Å². The Morgan fingerprint density at radius 2 is 2.00 bits per heavy atom. The molecule has 2 heterocycles. The lowest BCUT2D eigenvalue weighted by atomic mass is 10.1. The third-order valence-electron chi connectivity index (χ3n) is 3.51. The molecule has 2 aliphatic heterocycles. The second-order valence-electron chi connectivity index (χ2n) is 4.69. The van der Waals surface area contributed by atoms with Crippen LogP contribution in [0.1, 0.15) is 19.3 Å². The number of likely N-dealkylation sites (tertiary alicyclic amines) is 2. The van der Waals surface area contributed by atoms with Gasteiger partial charge in [0.25, 0.3) is 0 Å². The molecule has 2 aliphatic rings. The molecule has 0 bridgehead atoms. The van der Waals surface area contributed by atoms with E-state index in [1.54, 1.807) is 0 Å². The van der Waals surface area contributed by atoms with Crippen molar-refractivity contribution in [3.8, 4) is 0 Å². The normalized spacial score (nSPS) is 27.9. The van der Waals surface area contributed by atoms with Crippen molar-refractivity contribution in [3.05, 3.63) is 0 Å². The molecule has 0 radical (unpaired) electrons. The topological polar surface area (TPSA) is 49.6 Å². The van der Waals surface area contributed by atoms with Gasteiger partial charge >= 0.3 is 0 Å². The maximum absolute atomic E-state index is 11.6. The number of hydrogen-bond acceptors (Lipinski definition) is 3. The Bertz CT molecular complexity index is 226. The van der Waals surface area contributed by atoms with Crippen LogP contribution in [-0.2, 0) is 4.79 Å². The lowest BCUT2D eigenvalue weighted by molar-refractivity contribution is -0.127. The fourth-order valence-electron chi connectivity index (χ4n) is 2.50. The van der Waals surface area contributed by atoms with Gasteiger partial charge in [0.1, 0.15) is 0 Å². The Morgan fingerprint density at radius 3 is 2.60 bits per heavy atom. The van der Waals surface area contributed by atoms with Crippen molar-refractivity contribution in [1.29, 1.82) is 0 Å². The van der Waals surface area contributed by atoms with Crippen LogP contribution in [0.3, 0.4) is 0 Å². The van der Waals surface area contributed by atoms with Gasteiger partial charge in [0.15, 0.2) is 0 Å². The quantitative estimate of drug-likeness (QED) is 0.706. The van der Waals surface area contributed by atoms with Crippen molar-refractivity contribution in [2.45, 2.75) is 19.3 Å². The number of amides is 1. The second-order valence-corrected chi connectivity index (χ2v) is 4.69. The van der Waals surface area contributed by atoms with E-state index in [-0.39, 0.29) is 0 Å². The van der Waals surface area contributed by atoms with Gasteiger partial charge in [0.05, 0.1) is 0 Å². The molecule has 1 atom stereocenters. The first kappa shape index (κ1) is 10.9. The average molecular weight is 211 g/mol. The molecule has 2 fully saturated rings. The van der Waals surface area contributed by atoms with Crippen LogP contribution in [0.2, 0.25) is 0 Å². The zero-order chi connectivity index (χ0) is 10.7. The van der Waals surface area contributed by atoms with E-state index in [0.717, 1.165) is 19.6 Å². The van der Waals surface area contributed by atoms with Crippen molar-refractivity contribution in [2.24, 2.45) is 11.7 Å². The number of nitrogens with zero attached hydrogens (tertiary/aromatic N) is 2. The zero-order valence-electron chi connectivity index (χ0n) is 9.32. The van der Waals surface area contributed by atoms with E-state index in [2.05, 4.69) is 4.90 Å². The Morgan fingerprint density at radius 1 is 1.27 bits per heavy atom. The van der Waals surface area contributed by atoms with E-state index >= 15 is 0 Å². The lowest BCUT2D eigenvalue weighted by Crippen LogP contribution is -2.35. The molecule has 0 aromatic rings. The lowest BCUT2D eigenvalue weighted by Gasteiger charge is -2.21. The van der Waals surface area contributed by atoms with Crippen molar-refractivity contribution in [2.75, 3.05) is 39.3 Å². The van der Waals surface area contributed by atoms with E-state index in [0.29, 0.717) is 24.8 Å². The Hall–Kier alpha value is -0.610. The molecule has 2 N–H and O–H groups in total. The summed E-state index contributed by atoms with van der Waals surface area (Å²) in [5, 5.41) is 0. The van der Waals surface area contributed by atoms with Crippen LogP contribution < -0.4 is 5.73 Å². The van der Waals surface area contributed by atoms with Gasteiger partial charge in [-0.15, -0.1) is 0 Å². The van der Waals surface area contributed by atoms with Gasteiger partial charge in [0.2, 0.25) is 5.91 Å². The van der Waals surface area contributed by atoms with Crippen LogP contribution in [-0.4, -0.2) is 55.0 Å². The van der Waals surface area contributed by atoms with Crippen LogP contribution in [0.15, 0.2) is 0 Å². The Balaban J connectivity index is 1.72. The van der Waals surface area contributed by atoms with E-state index in [9.17, 15) is 4.79 Å². The molecule has 2 saturated heterocycles. The molecule has 15 heavy (non-hydrogen) atoms. The third-order valence-corrected chi connectivity index (χ3v) is 3.51. The number of rotatable bonds is 4. The first-order valence-corrected chi connectivity index (χ1v) is 6.00. The van der Waals surface area contributed by atoms with E-state index in [1.165, 1.54) is 25.9 Å². The molecule has 1 amide bonds. The van der Waals surface area contributed by atoms with Gasteiger partial charge in [-0.25, -0.2) is 0 Å². The minimum Gasteiger partial charge on any atom is -0.341 e. The maximum atomic E-state index is 11.6. The molecule has 4 nitrogen and oxygen atoms in total. The van der Waals surface area contributed by atoms with Gasteiger partial charge < -0.3 is 15.5 Å².